The first kappa shape index (κ1) is 11.5. The molecule has 0 aromatic rings. The average molecular weight is 210 g/mol. The van der Waals surface area contributed by atoms with Gasteiger partial charge in [0.2, 0.25) is 5.91 Å². The highest BCUT2D eigenvalue weighted by molar-refractivity contribution is 5.81. The number of nitriles is 1. The van der Waals surface area contributed by atoms with Gasteiger partial charge in [-0.2, -0.15) is 5.26 Å². The van der Waals surface area contributed by atoms with Gasteiger partial charge in [0.15, 0.2) is 5.41 Å². The summed E-state index contributed by atoms with van der Waals surface area (Å²) in [6, 6.07) is 2.02. The minimum Gasteiger partial charge on any atom is -0.468 e. The van der Waals surface area contributed by atoms with Crippen molar-refractivity contribution in [3.8, 4) is 6.07 Å². The lowest BCUT2D eigenvalue weighted by atomic mass is 9.80. The van der Waals surface area contributed by atoms with Crippen LogP contribution in [0.3, 0.4) is 0 Å². The lowest BCUT2D eigenvalue weighted by Crippen LogP contribution is -2.45. The van der Waals surface area contributed by atoms with Crippen molar-refractivity contribution in [2.75, 3.05) is 20.2 Å². The predicted octanol–water partition coefficient (Wildman–Crippen LogP) is 0.312. The number of methoxy groups -OCH3 is 1. The number of rotatable bonds is 1. The maximum Gasteiger partial charge on any atom is 0.326 e. The van der Waals surface area contributed by atoms with Gasteiger partial charge in [0.25, 0.3) is 0 Å². The van der Waals surface area contributed by atoms with Crippen LogP contribution in [0.5, 0.6) is 0 Å². The van der Waals surface area contributed by atoms with Crippen LogP contribution in [0.15, 0.2) is 0 Å². The quantitative estimate of drug-likeness (QED) is 0.584. The molecule has 1 fully saturated rings. The van der Waals surface area contributed by atoms with Gasteiger partial charge < -0.3 is 9.64 Å². The molecule has 5 heteroatoms. The third-order valence-electron chi connectivity index (χ3n) is 2.85. The minimum atomic E-state index is -1.05. The van der Waals surface area contributed by atoms with E-state index in [1.54, 1.807) is 4.90 Å². The molecule has 1 aliphatic rings. The van der Waals surface area contributed by atoms with Gasteiger partial charge in [0, 0.05) is 20.0 Å². The molecule has 0 bridgehead atoms. The first-order chi connectivity index (χ1) is 7.05. The van der Waals surface area contributed by atoms with Gasteiger partial charge in [-0.1, -0.05) is 0 Å². The van der Waals surface area contributed by atoms with Crippen LogP contribution in [0.4, 0.5) is 0 Å². The highest BCUT2D eigenvalue weighted by Gasteiger charge is 2.43. The molecule has 5 nitrogen and oxygen atoms in total. The third kappa shape index (κ3) is 2.09. The number of carbonyl (C=O) groups excluding carboxylic acids is 2. The molecule has 0 radical (unpaired) electrons. The summed E-state index contributed by atoms with van der Waals surface area (Å²) in [7, 11) is 1.28. The fraction of sp³-hybridized carbons (Fsp3) is 0.700. The van der Waals surface area contributed by atoms with Crippen LogP contribution in [0.2, 0.25) is 0 Å². The number of likely N-dealkylation sites (tertiary alicyclic amines) is 1. The second-order valence-corrected chi connectivity index (χ2v) is 3.69. The van der Waals surface area contributed by atoms with Crippen LogP contribution < -0.4 is 0 Å². The molecule has 0 aliphatic carbocycles. The van der Waals surface area contributed by atoms with Crippen LogP contribution in [-0.4, -0.2) is 37.0 Å². The van der Waals surface area contributed by atoms with Crippen molar-refractivity contribution < 1.29 is 14.3 Å². The Labute approximate surface area is 88.6 Å². The van der Waals surface area contributed by atoms with E-state index in [4.69, 9.17) is 5.26 Å². The van der Waals surface area contributed by atoms with E-state index < -0.39 is 11.4 Å². The lowest BCUT2D eigenvalue weighted by Gasteiger charge is -2.34. The highest BCUT2D eigenvalue weighted by atomic mass is 16.5. The molecule has 0 saturated carbocycles. The zero-order valence-corrected chi connectivity index (χ0v) is 8.95. The fourth-order valence-corrected chi connectivity index (χ4v) is 1.76. The number of amides is 1. The number of hydrogen-bond donors (Lipinski definition) is 0. The van der Waals surface area contributed by atoms with Crippen molar-refractivity contribution in [2.24, 2.45) is 5.41 Å². The van der Waals surface area contributed by atoms with Gasteiger partial charge in [-0.25, -0.2) is 0 Å². The SMILES string of the molecule is COC(=O)C1(C#N)CCN(C(C)=O)CC1. The summed E-state index contributed by atoms with van der Waals surface area (Å²) in [5, 5.41) is 9.01. The van der Waals surface area contributed by atoms with Crippen molar-refractivity contribution in [3.05, 3.63) is 0 Å². The number of piperidine rings is 1. The molecule has 1 saturated heterocycles. The van der Waals surface area contributed by atoms with Crippen molar-refractivity contribution >= 4 is 11.9 Å². The van der Waals surface area contributed by atoms with Crippen LogP contribution >= 0.6 is 0 Å². The third-order valence-corrected chi connectivity index (χ3v) is 2.85. The van der Waals surface area contributed by atoms with Gasteiger partial charge in [-0.3, -0.25) is 9.59 Å². The molecule has 0 aromatic heterocycles. The Balaban J connectivity index is 2.72. The van der Waals surface area contributed by atoms with Gasteiger partial charge >= 0.3 is 5.97 Å². The Morgan fingerprint density at radius 2 is 1.93 bits per heavy atom. The van der Waals surface area contributed by atoms with E-state index in [-0.39, 0.29) is 5.91 Å². The second kappa shape index (κ2) is 4.30. The predicted molar refractivity (Wildman–Crippen MR) is 51.6 cm³/mol. The first-order valence-electron chi connectivity index (χ1n) is 4.81. The summed E-state index contributed by atoms with van der Waals surface area (Å²) < 4.78 is 4.61. The van der Waals surface area contributed by atoms with Gasteiger partial charge in [-0.05, 0) is 12.8 Å². The molecule has 0 unspecified atom stereocenters. The standard InChI is InChI=1S/C10H14N2O3/c1-8(13)12-5-3-10(7-11,4-6-12)9(14)15-2/h3-6H2,1-2H3. The molecule has 0 N–H and O–H groups in total. The van der Waals surface area contributed by atoms with E-state index in [0.717, 1.165) is 0 Å². The van der Waals surface area contributed by atoms with E-state index in [1.807, 2.05) is 6.07 Å². The molecule has 1 heterocycles. The number of hydrogen-bond acceptors (Lipinski definition) is 4. The number of carbonyl (C=O) groups is 2. The van der Waals surface area contributed by atoms with Crippen LogP contribution in [-0.2, 0) is 14.3 Å². The molecular formula is C10H14N2O3. The molecule has 82 valence electrons. The molecule has 0 atom stereocenters. The summed E-state index contributed by atoms with van der Waals surface area (Å²) in [4.78, 5) is 24.2. The fourth-order valence-electron chi connectivity index (χ4n) is 1.76. The number of esters is 1. The zero-order chi connectivity index (χ0) is 11.5. The van der Waals surface area contributed by atoms with E-state index in [1.165, 1.54) is 14.0 Å². The summed E-state index contributed by atoms with van der Waals surface area (Å²) in [5.74, 6) is -0.514. The van der Waals surface area contributed by atoms with E-state index in [2.05, 4.69) is 4.74 Å². The van der Waals surface area contributed by atoms with Crippen molar-refractivity contribution in [3.63, 3.8) is 0 Å². The average Bonchev–Trinajstić information content (AvgIpc) is 2.27. The molecule has 15 heavy (non-hydrogen) atoms. The maximum absolute atomic E-state index is 11.4. The minimum absolute atomic E-state index is 0.0218. The largest absolute Gasteiger partial charge is 0.468 e. The normalized spacial score (nSPS) is 19.1. The Bertz CT molecular complexity index is 311. The summed E-state index contributed by atoms with van der Waals surface area (Å²) in [5.41, 5.74) is -1.05. The van der Waals surface area contributed by atoms with Crippen LogP contribution in [0.1, 0.15) is 19.8 Å². The lowest BCUT2D eigenvalue weighted by molar-refractivity contribution is -0.153. The van der Waals surface area contributed by atoms with E-state index in [0.29, 0.717) is 25.9 Å². The van der Waals surface area contributed by atoms with Crippen LogP contribution in [0, 0.1) is 16.7 Å². The van der Waals surface area contributed by atoms with Crippen LogP contribution in [0.25, 0.3) is 0 Å². The van der Waals surface area contributed by atoms with Gasteiger partial charge in [0.05, 0.1) is 13.2 Å². The monoisotopic (exact) mass is 210 g/mol. The molecule has 0 spiro atoms. The Morgan fingerprint density at radius 3 is 2.27 bits per heavy atom. The summed E-state index contributed by atoms with van der Waals surface area (Å²) in [6.07, 6.45) is 0.714. The zero-order valence-electron chi connectivity index (χ0n) is 8.95. The highest BCUT2D eigenvalue weighted by Crippen LogP contribution is 2.31. The Kier molecular flexibility index (Phi) is 3.30. The Morgan fingerprint density at radius 1 is 1.40 bits per heavy atom. The molecule has 1 rings (SSSR count). The smallest absolute Gasteiger partial charge is 0.326 e. The van der Waals surface area contributed by atoms with Gasteiger partial charge in [0.1, 0.15) is 0 Å². The molecular weight excluding hydrogens is 196 g/mol. The molecule has 1 amide bonds. The molecule has 1 aliphatic heterocycles. The van der Waals surface area contributed by atoms with Crippen molar-refractivity contribution in [2.45, 2.75) is 19.8 Å². The number of ether oxygens (including phenoxy) is 1. The van der Waals surface area contributed by atoms with E-state index in [9.17, 15) is 9.59 Å². The maximum atomic E-state index is 11.4. The topological polar surface area (TPSA) is 70.4 Å². The first-order valence-corrected chi connectivity index (χ1v) is 4.81. The second-order valence-electron chi connectivity index (χ2n) is 3.69. The summed E-state index contributed by atoms with van der Waals surface area (Å²) in [6.45, 7) is 2.37. The van der Waals surface area contributed by atoms with Gasteiger partial charge in [-0.15, -0.1) is 0 Å². The Hall–Kier alpha value is -1.57. The van der Waals surface area contributed by atoms with E-state index >= 15 is 0 Å². The molecule has 0 aromatic carbocycles. The summed E-state index contributed by atoms with van der Waals surface area (Å²) >= 11 is 0. The number of nitrogens with zero attached hydrogens (tertiary/aromatic N) is 2. The van der Waals surface area contributed by atoms with Crippen molar-refractivity contribution in [1.82, 2.24) is 4.90 Å². The van der Waals surface area contributed by atoms with Crippen molar-refractivity contribution in [1.29, 1.82) is 5.26 Å².